The fourth-order valence-corrected chi connectivity index (χ4v) is 2.06. The Hall–Kier alpha value is -0.120. The van der Waals surface area contributed by atoms with E-state index in [1.54, 1.807) is 14.2 Å². The van der Waals surface area contributed by atoms with E-state index in [2.05, 4.69) is 27.7 Å². The van der Waals surface area contributed by atoms with Gasteiger partial charge in [0, 0.05) is 26.2 Å². The molecule has 1 unspecified atom stereocenters. The summed E-state index contributed by atoms with van der Waals surface area (Å²) < 4.78 is 16.6. The van der Waals surface area contributed by atoms with Crippen LogP contribution in [0.3, 0.4) is 0 Å². The van der Waals surface area contributed by atoms with Crippen LogP contribution < -0.4 is 0 Å². The van der Waals surface area contributed by atoms with Crippen LogP contribution in [0, 0.1) is 17.3 Å². The Bertz CT molecular complexity index is 174. The fourth-order valence-electron chi connectivity index (χ4n) is 2.06. The summed E-state index contributed by atoms with van der Waals surface area (Å²) in [6.45, 7) is 11.7. The summed E-state index contributed by atoms with van der Waals surface area (Å²) in [5.41, 5.74) is -0.0207. The third kappa shape index (κ3) is 5.84. The zero-order valence-corrected chi connectivity index (χ0v) is 12.4. The first-order chi connectivity index (χ1) is 8.02. The van der Waals surface area contributed by atoms with Crippen LogP contribution in [0.2, 0.25) is 0 Å². The molecule has 0 saturated heterocycles. The van der Waals surface area contributed by atoms with E-state index in [-0.39, 0.29) is 5.41 Å². The quantitative estimate of drug-likeness (QED) is 0.593. The van der Waals surface area contributed by atoms with E-state index >= 15 is 0 Å². The first-order valence-corrected chi connectivity index (χ1v) is 6.58. The summed E-state index contributed by atoms with van der Waals surface area (Å²) in [6.07, 6.45) is 1.11. The number of rotatable bonds is 10. The zero-order chi connectivity index (χ0) is 13.3. The van der Waals surface area contributed by atoms with Gasteiger partial charge in [0.1, 0.15) is 0 Å². The molecule has 0 aliphatic heterocycles. The van der Waals surface area contributed by atoms with E-state index < -0.39 is 0 Å². The van der Waals surface area contributed by atoms with E-state index in [1.807, 2.05) is 0 Å². The van der Waals surface area contributed by atoms with E-state index in [4.69, 9.17) is 14.2 Å². The molecule has 0 fully saturated rings. The van der Waals surface area contributed by atoms with Gasteiger partial charge in [-0.05, 0) is 11.8 Å². The lowest BCUT2D eigenvalue weighted by Crippen LogP contribution is -2.42. The van der Waals surface area contributed by atoms with Gasteiger partial charge in [-0.2, -0.15) is 0 Å². The fraction of sp³-hybridized carbons (Fsp3) is 1.00. The Kier molecular flexibility index (Phi) is 8.83. The summed E-state index contributed by atoms with van der Waals surface area (Å²) in [5, 5.41) is 0. The lowest BCUT2D eigenvalue weighted by atomic mass is 9.76. The molecule has 0 aromatic carbocycles. The maximum absolute atomic E-state index is 5.83. The molecule has 3 heteroatoms. The molecular formula is C14H30O3. The topological polar surface area (TPSA) is 27.7 Å². The number of methoxy groups -OCH3 is 2. The number of hydrogen-bond acceptors (Lipinski definition) is 3. The highest BCUT2D eigenvalue weighted by atomic mass is 16.5. The molecule has 1 atom stereocenters. The molecule has 0 bridgehead atoms. The van der Waals surface area contributed by atoms with Gasteiger partial charge in [-0.1, -0.05) is 34.1 Å². The summed E-state index contributed by atoms with van der Waals surface area (Å²) in [6, 6.07) is 0. The minimum absolute atomic E-state index is 0.0207. The van der Waals surface area contributed by atoms with Gasteiger partial charge in [0.25, 0.3) is 0 Å². The third-order valence-electron chi connectivity index (χ3n) is 3.36. The van der Waals surface area contributed by atoms with E-state index in [0.29, 0.717) is 31.7 Å². The molecule has 0 N–H and O–H groups in total. The molecule has 0 radical (unpaired) electrons. The first kappa shape index (κ1) is 16.9. The van der Waals surface area contributed by atoms with Gasteiger partial charge >= 0.3 is 0 Å². The van der Waals surface area contributed by atoms with Crippen LogP contribution in [0.25, 0.3) is 0 Å². The van der Waals surface area contributed by atoms with Crippen molar-refractivity contribution >= 4 is 0 Å². The molecule has 0 aromatic rings. The Balaban J connectivity index is 4.53. The summed E-state index contributed by atoms with van der Waals surface area (Å²) in [7, 11) is 3.49. The highest BCUT2D eigenvalue weighted by Gasteiger charge is 2.36. The van der Waals surface area contributed by atoms with Crippen molar-refractivity contribution in [1.29, 1.82) is 0 Å². The van der Waals surface area contributed by atoms with Crippen molar-refractivity contribution in [3.05, 3.63) is 0 Å². The highest BCUT2D eigenvalue weighted by Crippen LogP contribution is 2.31. The van der Waals surface area contributed by atoms with Gasteiger partial charge in [0.05, 0.1) is 19.8 Å². The summed E-state index contributed by atoms with van der Waals surface area (Å²) >= 11 is 0. The van der Waals surface area contributed by atoms with Crippen LogP contribution in [0.4, 0.5) is 0 Å². The first-order valence-electron chi connectivity index (χ1n) is 6.58. The second-order valence-electron chi connectivity index (χ2n) is 5.45. The van der Waals surface area contributed by atoms with E-state index in [1.165, 1.54) is 0 Å². The largest absolute Gasteiger partial charge is 0.384 e. The molecule has 0 aromatic heterocycles. The van der Waals surface area contributed by atoms with Crippen molar-refractivity contribution in [1.82, 2.24) is 0 Å². The molecule has 3 nitrogen and oxygen atoms in total. The van der Waals surface area contributed by atoms with Gasteiger partial charge in [-0.25, -0.2) is 0 Å². The Labute approximate surface area is 107 Å². The number of ether oxygens (including phenoxy) is 3. The maximum Gasteiger partial charge on any atom is 0.0569 e. The minimum atomic E-state index is -0.0207. The zero-order valence-electron chi connectivity index (χ0n) is 12.4. The summed E-state index contributed by atoms with van der Waals surface area (Å²) in [4.78, 5) is 0. The lowest BCUT2D eigenvalue weighted by molar-refractivity contribution is -0.0837. The number of hydrogen-bond donors (Lipinski definition) is 0. The molecule has 0 aliphatic carbocycles. The Morgan fingerprint density at radius 2 is 1.47 bits per heavy atom. The average molecular weight is 246 g/mol. The molecule has 0 heterocycles. The van der Waals surface area contributed by atoms with Crippen LogP contribution in [0.1, 0.15) is 34.1 Å². The van der Waals surface area contributed by atoms with Crippen LogP contribution in [-0.4, -0.2) is 40.6 Å². The SMILES string of the molecule is CCC(C)C(COC)(COC)COCC(C)C. The van der Waals surface area contributed by atoms with Gasteiger partial charge in [0.15, 0.2) is 0 Å². The lowest BCUT2D eigenvalue weighted by Gasteiger charge is -2.37. The van der Waals surface area contributed by atoms with Gasteiger partial charge in [0.2, 0.25) is 0 Å². The molecule has 104 valence electrons. The third-order valence-corrected chi connectivity index (χ3v) is 3.36. The monoisotopic (exact) mass is 246 g/mol. The molecule has 0 amide bonds. The van der Waals surface area contributed by atoms with Crippen molar-refractivity contribution in [2.75, 3.05) is 40.6 Å². The smallest absolute Gasteiger partial charge is 0.0569 e. The van der Waals surface area contributed by atoms with Gasteiger partial charge in [-0.3, -0.25) is 0 Å². The van der Waals surface area contributed by atoms with E-state index in [9.17, 15) is 0 Å². The summed E-state index contributed by atoms with van der Waals surface area (Å²) in [5.74, 6) is 1.09. The van der Waals surface area contributed by atoms with Crippen LogP contribution >= 0.6 is 0 Å². The van der Waals surface area contributed by atoms with Crippen LogP contribution in [0.5, 0.6) is 0 Å². The minimum Gasteiger partial charge on any atom is -0.384 e. The van der Waals surface area contributed by atoms with Crippen molar-refractivity contribution in [2.24, 2.45) is 17.3 Å². The second-order valence-corrected chi connectivity index (χ2v) is 5.45. The molecule has 0 spiro atoms. The molecule has 0 rings (SSSR count). The van der Waals surface area contributed by atoms with Crippen LogP contribution in [-0.2, 0) is 14.2 Å². The van der Waals surface area contributed by atoms with Gasteiger partial charge in [-0.15, -0.1) is 0 Å². The normalized spacial score (nSPS) is 14.3. The second kappa shape index (κ2) is 8.90. The molecule has 0 aliphatic rings. The van der Waals surface area contributed by atoms with Crippen LogP contribution in [0.15, 0.2) is 0 Å². The molecule has 17 heavy (non-hydrogen) atoms. The van der Waals surface area contributed by atoms with Gasteiger partial charge < -0.3 is 14.2 Å². The van der Waals surface area contributed by atoms with E-state index in [0.717, 1.165) is 13.0 Å². The maximum atomic E-state index is 5.83. The predicted molar refractivity (Wildman–Crippen MR) is 71.3 cm³/mol. The van der Waals surface area contributed by atoms with Crippen molar-refractivity contribution in [3.8, 4) is 0 Å². The molecular weight excluding hydrogens is 216 g/mol. The van der Waals surface area contributed by atoms with Crippen molar-refractivity contribution in [2.45, 2.75) is 34.1 Å². The average Bonchev–Trinajstić information content (AvgIpc) is 2.27. The highest BCUT2D eigenvalue weighted by molar-refractivity contribution is 4.84. The molecule has 0 saturated carbocycles. The standard InChI is InChI=1S/C14H30O3/c1-7-13(4)14(9-15-5,10-16-6)11-17-8-12(2)3/h12-13H,7-11H2,1-6H3. The van der Waals surface area contributed by atoms with Crippen molar-refractivity contribution in [3.63, 3.8) is 0 Å². The Morgan fingerprint density at radius 1 is 0.941 bits per heavy atom. The Morgan fingerprint density at radius 3 is 1.82 bits per heavy atom. The predicted octanol–water partition coefficient (Wildman–Crippen LogP) is 2.98. The van der Waals surface area contributed by atoms with Crippen molar-refractivity contribution < 1.29 is 14.2 Å².